The minimum absolute atomic E-state index is 0.101. The second kappa shape index (κ2) is 10.3. The van der Waals surface area contributed by atoms with E-state index in [1.165, 1.54) is 17.8 Å². The molecule has 3 aromatic carbocycles. The molecular weight excluding hydrogens is 440 g/mol. The molecule has 5 nitrogen and oxygen atoms in total. The number of thioether (sulfide) groups is 1. The summed E-state index contributed by atoms with van der Waals surface area (Å²) >= 11 is 1.45. The second-order valence-corrected chi connectivity index (χ2v) is 10.4. The molecule has 0 saturated carbocycles. The largest absolute Gasteiger partial charge is 0.325 e. The Bertz CT molecular complexity index is 1190. The fourth-order valence-electron chi connectivity index (χ4n) is 3.32. The van der Waals surface area contributed by atoms with Crippen LogP contribution < -0.4 is 10.0 Å². The van der Waals surface area contributed by atoms with Gasteiger partial charge in [0.1, 0.15) is 0 Å². The van der Waals surface area contributed by atoms with Crippen molar-refractivity contribution in [3.63, 3.8) is 0 Å². The molecule has 0 heterocycles. The summed E-state index contributed by atoms with van der Waals surface area (Å²) in [6.45, 7) is 5.55. The van der Waals surface area contributed by atoms with Gasteiger partial charge in [-0.3, -0.25) is 4.79 Å². The maximum absolute atomic E-state index is 13.4. The lowest BCUT2D eigenvalue weighted by Gasteiger charge is -2.22. The van der Waals surface area contributed by atoms with Crippen molar-refractivity contribution in [1.82, 2.24) is 4.72 Å². The van der Waals surface area contributed by atoms with E-state index in [0.29, 0.717) is 5.69 Å². The highest BCUT2D eigenvalue weighted by Gasteiger charge is 2.25. The summed E-state index contributed by atoms with van der Waals surface area (Å²) in [4.78, 5) is 13.1. The van der Waals surface area contributed by atoms with Crippen LogP contribution in [0.3, 0.4) is 0 Å². The fraction of sp³-hybridized carbons (Fsp3) is 0.240. The number of carbonyl (C=O) groups excluding carboxylic acids is 1. The van der Waals surface area contributed by atoms with Gasteiger partial charge in [0.25, 0.3) is 0 Å². The monoisotopic (exact) mass is 468 g/mol. The lowest BCUT2D eigenvalue weighted by molar-refractivity contribution is -0.118. The summed E-state index contributed by atoms with van der Waals surface area (Å²) in [5, 5.41) is 2.85. The van der Waals surface area contributed by atoms with E-state index < -0.39 is 16.1 Å². The van der Waals surface area contributed by atoms with Gasteiger partial charge in [-0.05, 0) is 48.1 Å². The fourth-order valence-corrected chi connectivity index (χ4v) is 5.08. The molecule has 7 heteroatoms. The number of carbonyl (C=O) groups is 1. The number of hydrogen-bond acceptors (Lipinski definition) is 4. The molecule has 1 amide bonds. The summed E-state index contributed by atoms with van der Waals surface area (Å²) in [6, 6.07) is 21.5. The van der Waals surface area contributed by atoms with Gasteiger partial charge in [0.15, 0.2) is 0 Å². The first-order valence-electron chi connectivity index (χ1n) is 10.3. The molecular formula is C25H28N2O3S2. The average molecular weight is 469 g/mol. The number of anilines is 1. The van der Waals surface area contributed by atoms with Gasteiger partial charge in [-0.1, -0.05) is 68.4 Å². The Hall–Kier alpha value is -2.61. The van der Waals surface area contributed by atoms with Crippen LogP contribution in [0, 0.1) is 12.8 Å². The van der Waals surface area contributed by atoms with Gasteiger partial charge in [-0.15, -0.1) is 11.8 Å². The highest BCUT2D eigenvalue weighted by Crippen LogP contribution is 2.31. The van der Waals surface area contributed by atoms with Crippen LogP contribution in [0.5, 0.6) is 0 Å². The van der Waals surface area contributed by atoms with Crippen molar-refractivity contribution in [2.45, 2.75) is 36.6 Å². The molecule has 1 unspecified atom stereocenters. The topological polar surface area (TPSA) is 75.3 Å². The predicted molar refractivity (Wildman–Crippen MR) is 131 cm³/mol. The zero-order valence-electron chi connectivity index (χ0n) is 18.6. The minimum Gasteiger partial charge on any atom is -0.325 e. The zero-order chi connectivity index (χ0) is 23.3. The molecule has 0 bridgehead atoms. The molecule has 0 saturated heterocycles. The number of benzene rings is 3. The number of amides is 1. The molecule has 3 aromatic rings. The molecule has 0 radical (unpaired) electrons. The van der Waals surface area contributed by atoms with Crippen LogP contribution in [-0.4, -0.2) is 20.6 Å². The van der Waals surface area contributed by atoms with Gasteiger partial charge >= 0.3 is 0 Å². The van der Waals surface area contributed by atoms with Gasteiger partial charge in [0.2, 0.25) is 15.9 Å². The first-order chi connectivity index (χ1) is 15.2. The van der Waals surface area contributed by atoms with Crippen molar-refractivity contribution in [3.8, 4) is 0 Å². The third-order valence-corrected chi connectivity index (χ3v) is 7.39. The lowest BCUT2D eigenvalue weighted by Crippen LogP contribution is -2.30. The molecule has 32 heavy (non-hydrogen) atoms. The molecule has 0 aliphatic heterocycles. The first kappa shape index (κ1) is 24.0. The number of hydrogen-bond donors (Lipinski definition) is 2. The highest BCUT2D eigenvalue weighted by atomic mass is 32.2. The van der Waals surface area contributed by atoms with Crippen LogP contribution in [0.15, 0.2) is 82.6 Å². The summed E-state index contributed by atoms with van der Waals surface area (Å²) in [5.74, 6) is -0.378. The van der Waals surface area contributed by atoms with E-state index in [4.69, 9.17) is 0 Å². The molecule has 0 spiro atoms. The first-order valence-corrected chi connectivity index (χ1v) is 13.1. The van der Waals surface area contributed by atoms with Crippen molar-refractivity contribution in [3.05, 3.63) is 89.5 Å². The van der Waals surface area contributed by atoms with E-state index in [0.717, 1.165) is 21.6 Å². The van der Waals surface area contributed by atoms with Crippen LogP contribution in [0.1, 0.15) is 36.6 Å². The highest BCUT2D eigenvalue weighted by molar-refractivity contribution is 7.98. The molecule has 0 aliphatic rings. The third kappa shape index (κ3) is 5.59. The van der Waals surface area contributed by atoms with Crippen LogP contribution >= 0.6 is 11.8 Å². The van der Waals surface area contributed by atoms with E-state index in [-0.39, 0.29) is 16.7 Å². The third-order valence-electron chi connectivity index (χ3n) is 5.17. The van der Waals surface area contributed by atoms with E-state index in [1.807, 2.05) is 67.8 Å². The van der Waals surface area contributed by atoms with Crippen LogP contribution in [0.4, 0.5) is 5.69 Å². The van der Waals surface area contributed by atoms with E-state index >= 15 is 0 Å². The summed E-state index contributed by atoms with van der Waals surface area (Å²) in [7, 11) is -3.89. The van der Waals surface area contributed by atoms with Crippen molar-refractivity contribution in [2.75, 3.05) is 11.6 Å². The number of aryl methyl sites for hydroxylation is 1. The molecule has 0 fully saturated rings. The van der Waals surface area contributed by atoms with Crippen LogP contribution in [0.2, 0.25) is 0 Å². The van der Waals surface area contributed by atoms with Gasteiger partial charge in [-0.25, -0.2) is 8.42 Å². The quantitative estimate of drug-likeness (QED) is 0.435. The van der Waals surface area contributed by atoms with Crippen molar-refractivity contribution < 1.29 is 13.2 Å². The summed E-state index contributed by atoms with van der Waals surface area (Å²) in [5.41, 5.74) is 3.22. The maximum Gasteiger partial charge on any atom is 0.241 e. The zero-order valence-corrected chi connectivity index (χ0v) is 20.3. The summed E-state index contributed by atoms with van der Waals surface area (Å²) in [6.07, 6.45) is 1.89. The lowest BCUT2D eigenvalue weighted by atomic mass is 9.96. The second-order valence-electron chi connectivity index (χ2n) is 7.83. The SMILES string of the molecule is CSc1ccc(S(=O)(=O)NC(c2ccccc2)c2ccccc2C)cc1NC(=O)C(C)C. The molecule has 0 aromatic heterocycles. The molecule has 168 valence electrons. The Morgan fingerprint density at radius 2 is 1.59 bits per heavy atom. The van der Waals surface area contributed by atoms with Gasteiger partial charge < -0.3 is 5.32 Å². The smallest absolute Gasteiger partial charge is 0.241 e. The van der Waals surface area contributed by atoms with E-state index in [9.17, 15) is 13.2 Å². The normalized spacial score (nSPS) is 12.5. The van der Waals surface area contributed by atoms with Gasteiger partial charge in [-0.2, -0.15) is 4.72 Å². The van der Waals surface area contributed by atoms with Crippen LogP contribution in [0.25, 0.3) is 0 Å². The number of nitrogens with one attached hydrogen (secondary N) is 2. The summed E-state index contributed by atoms with van der Waals surface area (Å²) < 4.78 is 29.8. The standard InChI is InChI=1S/C25H28N2O3S2/c1-17(2)25(28)26-22-16-20(14-15-23(22)31-4)32(29,30)27-24(19-11-6-5-7-12-19)21-13-9-8-10-18(21)3/h5-17,24,27H,1-4H3,(H,26,28). The van der Waals surface area contributed by atoms with Crippen molar-refractivity contribution in [1.29, 1.82) is 0 Å². The Labute approximate surface area is 194 Å². The molecule has 2 N–H and O–H groups in total. The number of sulfonamides is 1. The van der Waals surface area contributed by atoms with Gasteiger partial charge in [0.05, 0.1) is 16.6 Å². The van der Waals surface area contributed by atoms with E-state index in [1.54, 1.807) is 26.0 Å². The Kier molecular flexibility index (Phi) is 7.77. The van der Waals surface area contributed by atoms with Crippen LogP contribution in [-0.2, 0) is 14.8 Å². The Balaban J connectivity index is 2.02. The maximum atomic E-state index is 13.4. The Morgan fingerprint density at radius 3 is 2.22 bits per heavy atom. The van der Waals surface area contributed by atoms with Crippen molar-refractivity contribution >= 4 is 33.4 Å². The molecule has 3 rings (SSSR count). The predicted octanol–water partition coefficient (Wildman–Crippen LogP) is 5.38. The number of rotatable bonds is 8. The van der Waals surface area contributed by atoms with Crippen molar-refractivity contribution in [2.24, 2.45) is 5.92 Å². The average Bonchev–Trinajstić information content (AvgIpc) is 2.78. The molecule has 1 atom stereocenters. The minimum atomic E-state index is -3.89. The van der Waals surface area contributed by atoms with E-state index in [2.05, 4.69) is 10.0 Å². The van der Waals surface area contributed by atoms with Gasteiger partial charge in [0, 0.05) is 10.8 Å². The Morgan fingerprint density at radius 1 is 0.938 bits per heavy atom. The molecule has 0 aliphatic carbocycles.